The third-order valence-corrected chi connectivity index (χ3v) is 4.61. The van der Waals surface area contributed by atoms with Crippen LogP contribution in [0.2, 0.25) is 0 Å². The summed E-state index contributed by atoms with van der Waals surface area (Å²) in [5.74, 6) is 2.59. The van der Waals surface area contributed by atoms with Crippen LogP contribution in [0.15, 0.2) is 77.3 Å². The van der Waals surface area contributed by atoms with E-state index in [2.05, 4.69) is 26.1 Å². The fourth-order valence-corrected chi connectivity index (χ4v) is 2.89. The SMILES string of the molecule is Oc1ccc(-c2nc(-c3ccc(Oc4ccc(CBr)cc4)cc3)no2)cc1. The maximum atomic E-state index is 9.36. The molecule has 134 valence electrons. The molecule has 27 heavy (non-hydrogen) atoms. The van der Waals surface area contributed by atoms with Crippen molar-refractivity contribution in [2.75, 3.05) is 0 Å². The smallest absolute Gasteiger partial charge is 0.258 e. The lowest BCUT2D eigenvalue weighted by molar-refractivity contribution is 0.432. The minimum absolute atomic E-state index is 0.191. The van der Waals surface area contributed by atoms with Gasteiger partial charge in [-0.3, -0.25) is 0 Å². The number of phenolic OH excluding ortho intramolecular Hbond substituents is 1. The number of ether oxygens (including phenoxy) is 1. The number of hydrogen-bond donors (Lipinski definition) is 1. The van der Waals surface area contributed by atoms with Gasteiger partial charge in [-0.25, -0.2) is 0 Å². The van der Waals surface area contributed by atoms with E-state index in [-0.39, 0.29) is 5.75 Å². The molecule has 0 saturated heterocycles. The van der Waals surface area contributed by atoms with E-state index < -0.39 is 0 Å². The highest BCUT2D eigenvalue weighted by Crippen LogP contribution is 2.27. The molecule has 3 aromatic carbocycles. The summed E-state index contributed by atoms with van der Waals surface area (Å²) in [6.45, 7) is 0. The zero-order valence-corrected chi connectivity index (χ0v) is 15.8. The Balaban J connectivity index is 1.49. The van der Waals surface area contributed by atoms with Crippen LogP contribution in [0.1, 0.15) is 5.56 Å². The van der Waals surface area contributed by atoms with Gasteiger partial charge in [-0.1, -0.05) is 33.2 Å². The predicted octanol–water partition coefficient (Wildman–Crippen LogP) is 5.80. The van der Waals surface area contributed by atoms with Crippen molar-refractivity contribution in [2.24, 2.45) is 0 Å². The van der Waals surface area contributed by atoms with E-state index in [1.54, 1.807) is 24.3 Å². The zero-order chi connectivity index (χ0) is 18.6. The molecule has 6 heteroatoms. The summed E-state index contributed by atoms with van der Waals surface area (Å²) < 4.78 is 11.2. The number of phenols is 1. The molecule has 0 aliphatic rings. The molecule has 0 atom stereocenters. The van der Waals surface area contributed by atoms with Crippen LogP contribution in [0.3, 0.4) is 0 Å². The van der Waals surface area contributed by atoms with E-state index in [9.17, 15) is 5.11 Å². The van der Waals surface area contributed by atoms with Crippen molar-refractivity contribution in [1.82, 2.24) is 10.1 Å². The van der Waals surface area contributed by atoms with Gasteiger partial charge < -0.3 is 14.4 Å². The molecule has 5 nitrogen and oxygen atoms in total. The fraction of sp³-hybridized carbons (Fsp3) is 0.0476. The lowest BCUT2D eigenvalue weighted by Crippen LogP contribution is -1.86. The van der Waals surface area contributed by atoms with E-state index in [0.29, 0.717) is 11.7 Å². The lowest BCUT2D eigenvalue weighted by atomic mass is 10.2. The molecular weight excluding hydrogens is 408 g/mol. The standard InChI is InChI=1S/C21H15BrN2O3/c22-13-14-1-9-18(10-2-14)26-19-11-5-15(6-12-19)20-23-21(27-24-20)16-3-7-17(25)8-4-16/h1-12,25H,13H2. The van der Waals surface area contributed by atoms with Crippen LogP contribution in [-0.4, -0.2) is 15.2 Å². The lowest BCUT2D eigenvalue weighted by Gasteiger charge is -2.06. The van der Waals surface area contributed by atoms with Crippen molar-refractivity contribution in [3.05, 3.63) is 78.4 Å². The summed E-state index contributed by atoms with van der Waals surface area (Å²) in [6.07, 6.45) is 0. The Kier molecular flexibility index (Phi) is 4.89. The van der Waals surface area contributed by atoms with E-state index in [1.165, 1.54) is 5.56 Å². The predicted molar refractivity (Wildman–Crippen MR) is 106 cm³/mol. The second-order valence-electron chi connectivity index (χ2n) is 5.87. The molecule has 4 aromatic rings. The molecule has 1 heterocycles. The van der Waals surface area contributed by atoms with Crippen molar-refractivity contribution in [2.45, 2.75) is 5.33 Å². The van der Waals surface area contributed by atoms with Gasteiger partial charge in [-0.15, -0.1) is 0 Å². The van der Waals surface area contributed by atoms with Crippen LogP contribution >= 0.6 is 15.9 Å². The second-order valence-corrected chi connectivity index (χ2v) is 6.43. The quantitative estimate of drug-likeness (QED) is 0.411. The first-order valence-corrected chi connectivity index (χ1v) is 9.40. The van der Waals surface area contributed by atoms with Crippen molar-refractivity contribution < 1.29 is 14.4 Å². The molecule has 0 unspecified atom stereocenters. The van der Waals surface area contributed by atoms with E-state index in [4.69, 9.17) is 9.26 Å². The molecule has 1 aromatic heterocycles. The Morgan fingerprint density at radius 1 is 0.815 bits per heavy atom. The van der Waals surface area contributed by atoms with Gasteiger partial charge >= 0.3 is 0 Å². The van der Waals surface area contributed by atoms with Gasteiger partial charge in [-0.2, -0.15) is 4.98 Å². The number of hydrogen-bond acceptors (Lipinski definition) is 5. The van der Waals surface area contributed by atoms with E-state index in [0.717, 1.165) is 28.0 Å². The number of aromatic hydroxyl groups is 1. The van der Waals surface area contributed by atoms with Crippen molar-refractivity contribution >= 4 is 15.9 Å². The third-order valence-electron chi connectivity index (χ3n) is 3.97. The van der Waals surface area contributed by atoms with Crippen LogP contribution < -0.4 is 4.74 Å². The molecule has 0 spiro atoms. The molecule has 0 aliphatic heterocycles. The van der Waals surface area contributed by atoms with Crippen LogP contribution in [0, 0.1) is 0 Å². The van der Waals surface area contributed by atoms with Gasteiger partial charge in [0.2, 0.25) is 5.82 Å². The van der Waals surface area contributed by atoms with Gasteiger partial charge in [-0.05, 0) is 66.2 Å². The van der Waals surface area contributed by atoms with Gasteiger partial charge in [0.1, 0.15) is 17.2 Å². The molecule has 4 rings (SSSR count). The molecular formula is C21H15BrN2O3. The molecule has 0 aliphatic carbocycles. The van der Waals surface area contributed by atoms with Crippen LogP contribution in [-0.2, 0) is 5.33 Å². The van der Waals surface area contributed by atoms with Crippen LogP contribution in [0.5, 0.6) is 17.2 Å². The highest BCUT2D eigenvalue weighted by molar-refractivity contribution is 9.08. The monoisotopic (exact) mass is 422 g/mol. The summed E-state index contributed by atoms with van der Waals surface area (Å²) in [4.78, 5) is 4.41. The van der Waals surface area contributed by atoms with Gasteiger partial charge in [0.25, 0.3) is 5.89 Å². The second kappa shape index (κ2) is 7.63. The van der Waals surface area contributed by atoms with Gasteiger partial charge in [0, 0.05) is 16.5 Å². The maximum absolute atomic E-state index is 9.36. The number of benzene rings is 3. The molecule has 0 fully saturated rings. The molecule has 0 amide bonds. The Hall–Kier alpha value is -3.12. The topological polar surface area (TPSA) is 68.4 Å². The number of aromatic nitrogens is 2. The first-order chi connectivity index (χ1) is 13.2. The van der Waals surface area contributed by atoms with Crippen LogP contribution in [0.4, 0.5) is 0 Å². The van der Waals surface area contributed by atoms with Crippen molar-refractivity contribution in [3.8, 4) is 40.1 Å². The minimum atomic E-state index is 0.191. The summed E-state index contributed by atoms with van der Waals surface area (Å²) in [5.41, 5.74) is 2.77. The summed E-state index contributed by atoms with van der Waals surface area (Å²) in [5, 5.41) is 14.2. The largest absolute Gasteiger partial charge is 0.508 e. The highest BCUT2D eigenvalue weighted by atomic mass is 79.9. The van der Waals surface area contributed by atoms with Gasteiger partial charge in [0.05, 0.1) is 0 Å². The normalized spacial score (nSPS) is 10.7. The summed E-state index contributed by atoms with van der Waals surface area (Å²) in [6, 6.07) is 22.0. The maximum Gasteiger partial charge on any atom is 0.258 e. The summed E-state index contributed by atoms with van der Waals surface area (Å²) >= 11 is 3.43. The minimum Gasteiger partial charge on any atom is -0.508 e. The molecule has 1 N–H and O–H groups in total. The van der Waals surface area contributed by atoms with E-state index >= 15 is 0 Å². The Morgan fingerprint density at radius 2 is 1.41 bits per heavy atom. The van der Waals surface area contributed by atoms with Gasteiger partial charge in [0.15, 0.2) is 0 Å². The molecule has 0 radical (unpaired) electrons. The first-order valence-electron chi connectivity index (χ1n) is 8.27. The van der Waals surface area contributed by atoms with E-state index in [1.807, 2.05) is 48.5 Å². The zero-order valence-electron chi connectivity index (χ0n) is 14.2. The highest BCUT2D eigenvalue weighted by Gasteiger charge is 2.11. The number of rotatable bonds is 5. The Morgan fingerprint density at radius 3 is 2.04 bits per heavy atom. The van der Waals surface area contributed by atoms with Crippen molar-refractivity contribution in [3.63, 3.8) is 0 Å². The average Bonchev–Trinajstić information content (AvgIpc) is 3.20. The molecule has 0 bridgehead atoms. The third kappa shape index (κ3) is 4.01. The number of alkyl halides is 1. The Labute approximate surface area is 164 Å². The number of halogens is 1. The first kappa shape index (κ1) is 17.3. The molecule has 0 saturated carbocycles. The Bertz CT molecular complexity index is 1030. The fourth-order valence-electron chi connectivity index (χ4n) is 2.52. The van der Waals surface area contributed by atoms with Crippen LogP contribution in [0.25, 0.3) is 22.8 Å². The van der Waals surface area contributed by atoms with Crippen molar-refractivity contribution in [1.29, 1.82) is 0 Å². The average molecular weight is 423 g/mol. The number of nitrogens with zero attached hydrogens (tertiary/aromatic N) is 2. The summed E-state index contributed by atoms with van der Waals surface area (Å²) in [7, 11) is 0.